The first-order chi connectivity index (χ1) is 16.3. The molecule has 0 amide bonds. The molecule has 1 aromatic heterocycles. The van der Waals surface area contributed by atoms with Gasteiger partial charge in [0.25, 0.3) is 0 Å². The van der Waals surface area contributed by atoms with E-state index in [1.807, 2.05) is 30.5 Å². The van der Waals surface area contributed by atoms with Crippen molar-refractivity contribution in [2.75, 3.05) is 36.5 Å². The van der Waals surface area contributed by atoms with Crippen molar-refractivity contribution in [3.8, 4) is 5.75 Å². The summed E-state index contributed by atoms with van der Waals surface area (Å²) in [6.07, 6.45) is 4.50. The second-order valence-corrected chi connectivity index (χ2v) is 10.1. The average Bonchev–Trinajstić information content (AvgIpc) is 3.31. The fourth-order valence-corrected chi connectivity index (χ4v) is 4.30. The van der Waals surface area contributed by atoms with Crippen molar-refractivity contribution in [3.05, 3.63) is 65.9 Å². The molecular formula is C28H37N5O. The van der Waals surface area contributed by atoms with Crippen LogP contribution < -0.4 is 15.0 Å². The minimum atomic E-state index is -0.153. The Morgan fingerprint density at radius 3 is 2.29 bits per heavy atom. The molecule has 0 spiro atoms. The summed E-state index contributed by atoms with van der Waals surface area (Å²) in [6.45, 7) is 14.9. The molecule has 1 aliphatic heterocycles. The Hall–Kier alpha value is -3.12. The number of anilines is 4. The molecule has 6 nitrogen and oxygen atoms in total. The lowest BCUT2D eigenvalue weighted by Crippen LogP contribution is -2.38. The average molecular weight is 460 g/mol. The zero-order valence-corrected chi connectivity index (χ0v) is 21.1. The van der Waals surface area contributed by atoms with Crippen molar-refractivity contribution in [1.29, 1.82) is 0 Å². The van der Waals surface area contributed by atoms with Crippen LogP contribution in [0.1, 0.15) is 44.7 Å². The van der Waals surface area contributed by atoms with Gasteiger partial charge in [-0.05, 0) is 96.9 Å². The summed E-state index contributed by atoms with van der Waals surface area (Å²) in [5, 5.41) is 3.35. The first-order valence-corrected chi connectivity index (χ1v) is 12.2. The minimum Gasteiger partial charge on any atom is -0.492 e. The van der Waals surface area contributed by atoms with Crippen LogP contribution in [0.4, 0.5) is 23.1 Å². The summed E-state index contributed by atoms with van der Waals surface area (Å²) < 4.78 is 5.93. The summed E-state index contributed by atoms with van der Waals surface area (Å²) in [5.74, 6) is 2.36. The van der Waals surface area contributed by atoms with E-state index in [-0.39, 0.29) is 5.54 Å². The Labute approximate surface area is 204 Å². The largest absolute Gasteiger partial charge is 0.492 e. The molecule has 180 valence electrons. The van der Waals surface area contributed by atoms with Crippen LogP contribution in [0.3, 0.4) is 0 Å². The van der Waals surface area contributed by atoms with Gasteiger partial charge in [0.15, 0.2) is 0 Å². The Kier molecular flexibility index (Phi) is 7.37. The molecule has 0 saturated carbocycles. The van der Waals surface area contributed by atoms with Crippen LogP contribution in [0.5, 0.6) is 5.75 Å². The van der Waals surface area contributed by atoms with E-state index >= 15 is 0 Å². The molecule has 2 heterocycles. The zero-order valence-electron chi connectivity index (χ0n) is 21.1. The van der Waals surface area contributed by atoms with E-state index in [0.29, 0.717) is 5.95 Å². The summed E-state index contributed by atoms with van der Waals surface area (Å²) in [6, 6.07) is 16.6. The number of nitrogens with zero attached hydrogens (tertiary/aromatic N) is 4. The van der Waals surface area contributed by atoms with E-state index in [1.54, 1.807) is 0 Å². The number of hydrogen-bond donors (Lipinski definition) is 1. The molecule has 1 aliphatic rings. The first-order valence-electron chi connectivity index (χ1n) is 12.2. The predicted octanol–water partition coefficient (Wildman–Crippen LogP) is 6.25. The fraction of sp³-hybridized carbons (Fsp3) is 0.429. The highest BCUT2D eigenvalue weighted by Gasteiger charge is 2.26. The van der Waals surface area contributed by atoms with Gasteiger partial charge in [0.2, 0.25) is 5.95 Å². The van der Waals surface area contributed by atoms with Crippen molar-refractivity contribution in [2.45, 2.75) is 53.0 Å². The van der Waals surface area contributed by atoms with Crippen LogP contribution in [0.15, 0.2) is 54.7 Å². The van der Waals surface area contributed by atoms with Crippen molar-refractivity contribution in [3.63, 3.8) is 0 Å². The maximum atomic E-state index is 5.93. The smallest absolute Gasteiger partial charge is 0.229 e. The highest BCUT2D eigenvalue weighted by atomic mass is 16.5. The maximum Gasteiger partial charge on any atom is 0.229 e. The van der Waals surface area contributed by atoms with E-state index in [9.17, 15) is 0 Å². The molecule has 0 unspecified atom stereocenters. The highest BCUT2D eigenvalue weighted by molar-refractivity contribution is 5.67. The SMILES string of the molecule is Cc1ccc(N(c2nc(Nc3ccc(OCCN4CCCC4)cc3)ncc2C)C(C)(C)C)cc1. The molecule has 0 atom stereocenters. The lowest BCUT2D eigenvalue weighted by atomic mass is 10.0. The van der Waals surface area contributed by atoms with Crippen LogP contribution >= 0.6 is 0 Å². The minimum absolute atomic E-state index is 0.153. The lowest BCUT2D eigenvalue weighted by Gasteiger charge is -2.37. The van der Waals surface area contributed by atoms with E-state index in [2.05, 4.69) is 79.0 Å². The van der Waals surface area contributed by atoms with Crippen LogP contribution in [0.25, 0.3) is 0 Å². The van der Waals surface area contributed by atoms with Gasteiger partial charge in [0.1, 0.15) is 18.2 Å². The van der Waals surface area contributed by atoms with Crippen LogP contribution in [0.2, 0.25) is 0 Å². The van der Waals surface area contributed by atoms with Crippen molar-refractivity contribution >= 4 is 23.1 Å². The van der Waals surface area contributed by atoms with Gasteiger partial charge in [-0.15, -0.1) is 0 Å². The predicted molar refractivity (Wildman–Crippen MR) is 141 cm³/mol. The Balaban J connectivity index is 1.47. The molecule has 4 rings (SSSR count). The van der Waals surface area contributed by atoms with Gasteiger partial charge in [-0.1, -0.05) is 17.7 Å². The van der Waals surface area contributed by atoms with E-state index < -0.39 is 0 Å². The molecule has 1 fully saturated rings. The molecule has 1 saturated heterocycles. The van der Waals surface area contributed by atoms with Gasteiger partial charge in [-0.25, -0.2) is 4.98 Å². The number of aromatic nitrogens is 2. The van der Waals surface area contributed by atoms with Crippen LogP contribution in [0, 0.1) is 13.8 Å². The highest BCUT2D eigenvalue weighted by Crippen LogP contribution is 2.34. The fourth-order valence-electron chi connectivity index (χ4n) is 4.30. The molecular weight excluding hydrogens is 422 g/mol. The number of likely N-dealkylation sites (tertiary alicyclic amines) is 1. The second-order valence-electron chi connectivity index (χ2n) is 10.1. The summed E-state index contributed by atoms with van der Waals surface area (Å²) in [5.41, 5.74) is 4.16. The normalized spacial score (nSPS) is 14.3. The maximum absolute atomic E-state index is 5.93. The number of ether oxygens (including phenoxy) is 1. The van der Waals surface area contributed by atoms with Crippen molar-refractivity contribution < 1.29 is 4.74 Å². The van der Waals surface area contributed by atoms with Crippen LogP contribution in [-0.4, -0.2) is 46.6 Å². The zero-order chi connectivity index (χ0) is 24.1. The second kappa shape index (κ2) is 10.4. The number of nitrogens with one attached hydrogen (secondary N) is 1. The molecule has 0 radical (unpaired) electrons. The lowest BCUT2D eigenvalue weighted by molar-refractivity contribution is 0.238. The monoisotopic (exact) mass is 459 g/mol. The van der Waals surface area contributed by atoms with Gasteiger partial charge in [0.05, 0.1) is 0 Å². The summed E-state index contributed by atoms with van der Waals surface area (Å²) in [4.78, 5) is 14.2. The Bertz CT molecular complexity index is 1070. The van der Waals surface area contributed by atoms with E-state index in [4.69, 9.17) is 9.72 Å². The van der Waals surface area contributed by atoms with E-state index in [0.717, 1.165) is 41.7 Å². The molecule has 0 aliphatic carbocycles. The third kappa shape index (κ3) is 6.06. The Morgan fingerprint density at radius 2 is 1.65 bits per heavy atom. The molecule has 34 heavy (non-hydrogen) atoms. The van der Waals surface area contributed by atoms with Gasteiger partial charge in [0, 0.05) is 35.2 Å². The van der Waals surface area contributed by atoms with Gasteiger partial charge in [-0.3, -0.25) is 4.90 Å². The quantitative estimate of drug-likeness (QED) is 0.430. The number of hydrogen-bond acceptors (Lipinski definition) is 6. The molecule has 2 aromatic carbocycles. The first kappa shape index (κ1) is 24.0. The molecule has 6 heteroatoms. The van der Waals surface area contributed by atoms with Crippen LogP contribution in [-0.2, 0) is 0 Å². The van der Waals surface area contributed by atoms with E-state index in [1.165, 1.54) is 31.5 Å². The van der Waals surface area contributed by atoms with Crippen molar-refractivity contribution in [1.82, 2.24) is 14.9 Å². The molecule has 3 aromatic rings. The van der Waals surface area contributed by atoms with Crippen molar-refractivity contribution in [2.24, 2.45) is 0 Å². The topological polar surface area (TPSA) is 53.5 Å². The summed E-state index contributed by atoms with van der Waals surface area (Å²) >= 11 is 0. The number of rotatable bonds is 8. The summed E-state index contributed by atoms with van der Waals surface area (Å²) in [7, 11) is 0. The van der Waals surface area contributed by atoms with Gasteiger partial charge < -0.3 is 15.0 Å². The third-order valence-electron chi connectivity index (χ3n) is 6.11. The standard InChI is InChI=1S/C28H37N5O/c1-21-8-12-24(13-9-21)33(28(3,4)5)26-22(2)20-29-27(31-26)30-23-10-14-25(15-11-23)34-19-18-32-16-6-7-17-32/h8-15,20H,6-7,16-19H2,1-5H3,(H,29,30,31). The van der Waals surface area contributed by atoms with Gasteiger partial charge >= 0.3 is 0 Å². The Morgan fingerprint density at radius 1 is 0.971 bits per heavy atom. The number of benzene rings is 2. The molecule has 0 bridgehead atoms. The van der Waals surface area contributed by atoms with Gasteiger partial charge in [-0.2, -0.15) is 4.98 Å². The third-order valence-corrected chi connectivity index (χ3v) is 6.11. The number of aryl methyl sites for hydroxylation is 2. The molecule has 1 N–H and O–H groups in total.